The maximum absolute atomic E-state index is 12.5. The van der Waals surface area contributed by atoms with E-state index in [0.29, 0.717) is 0 Å². The molecule has 0 radical (unpaired) electrons. The molecule has 0 fully saturated rings. The minimum absolute atomic E-state index is 0.000921. The van der Waals surface area contributed by atoms with Gasteiger partial charge in [-0.15, -0.1) is 0 Å². The Hall–Kier alpha value is -2.65. The number of anilines is 1. The number of sulfonamides is 1. The van der Waals surface area contributed by atoms with E-state index in [2.05, 4.69) is 4.72 Å². The largest absolute Gasteiger partial charge is 0.478 e. The zero-order valence-electron chi connectivity index (χ0n) is 12.2. The number of hydrogen-bond acceptors (Lipinski definition) is 5. The number of aromatic carboxylic acids is 1. The topological polar surface area (TPSA) is 127 Å². The molecule has 0 saturated heterocycles. The van der Waals surface area contributed by atoms with Gasteiger partial charge in [-0.2, -0.15) is 0 Å². The number of nitrogens with zero attached hydrogens (tertiary/aromatic N) is 1. The minimum Gasteiger partial charge on any atom is -0.478 e. The summed E-state index contributed by atoms with van der Waals surface area (Å²) >= 11 is 5.85. The van der Waals surface area contributed by atoms with Crippen LogP contribution in [0.15, 0.2) is 41.3 Å². The lowest BCUT2D eigenvalue weighted by molar-refractivity contribution is -0.385. The first-order valence-electron chi connectivity index (χ1n) is 6.43. The maximum Gasteiger partial charge on any atom is 0.335 e. The van der Waals surface area contributed by atoms with Crippen LogP contribution in [0.25, 0.3) is 0 Å². The number of carboxylic acid groups (broad SMARTS) is 1. The first-order chi connectivity index (χ1) is 11.1. The zero-order chi connectivity index (χ0) is 18.1. The number of rotatable bonds is 5. The third-order valence-electron chi connectivity index (χ3n) is 3.21. The molecule has 0 aliphatic rings. The van der Waals surface area contributed by atoms with E-state index in [4.69, 9.17) is 16.7 Å². The lowest BCUT2D eigenvalue weighted by Crippen LogP contribution is -2.15. The summed E-state index contributed by atoms with van der Waals surface area (Å²) in [6.45, 7) is 1.39. The van der Waals surface area contributed by atoms with Gasteiger partial charge in [-0.1, -0.05) is 17.7 Å². The Balaban J connectivity index is 2.50. The molecule has 0 atom stereocenters. The average molecular weight is 371 g/mol. The normalized spacial score (nSPS) is 11.1. The monoisotopic (exact) mass is 370 g/mol. The van der Waals surface area contributed by atoms with Crippen molar-refractivity contribution in [2.24, 2.45) is 0 Å². The first-order valence-corrected chi connectivity index (χ1v) is 8.29. The van der Waals surface area contributed by atoms with Gasteiger partial charge >= 0.3 is 5.97 Å². The summed E-state index contributed by atoms with van der Waals surface area (Å²) in [7, 11) is -4.23. The molecule has 0 bridgehead atoms. The first kappa shape index (κ1) is 17.7. The molecule has 24 heavy (non-hydrogen) atoms. The fraction of sp³-hybridized carbons (Fsp3) is 0.0714. The summed E-state index contributed by atoms with van der Waals surface area (Å²) in [6, 6.07) is 7.17. The van der Waals surface area contributed by atoms with Gasteiger partial charge in [0.15, 0.2) is 0 Å². The quantitative estimate of drug-likeness (QED) is 0.615. The molecule has 0 unspecified atom stereocenters. The summed E-state index contributed by atoms with van der Waals surface area (Å²) in [6.07, 6.45) is 0. The van der Waals surface area contributed by atoms with Crippen LogP contribution in [0.2, 0.25) is 5.02 Å². The van der Waals surface area contributed by atoms with Crippen molar-refractivity contribution in [1.29, 1.82) is 0 Å². The molecule has 2 aromatic rings. The number of halogens is 1. The number of benzene rings is 2. The summed E-state index contributed by atoms with van der Waals surface area (Å²) in [5.74, 6) is -1.31. The number of nitro groups is 1. The van der Waals surface area contributed by atoms with Crippen molar-refractivity contribution in [3.63, 3.8) is 0 Å². The van der Waals surface area contributed by atoms with Crippen molar-refractivity contribution in [2.75, 3.05) is 4.72 Å². The van der Waals surface area contributed by atoms with Crippen molar-refractivity contribution in [3.8, 4) is 0 Å². The van der Waals surface area contributed by atoms with Crippen LogP contribution in [0.5, 0.6) is 0 Å². The van der Waals surface area contributed by atoms with Crippen molar-refractivity contribution in [1.82, 2.24) is 0 Å². The zero-order valence-corrected chi connectivity index (χ0v) is 13.8. The van der Waals surface area contributed by atoms with Gasteiger partial charge in [0.1, 0.15) is 4.90 Å². The molecule has 0 aliphatic heterocycles. The van der Waals surface area contributed by atoms with E-state index >= 15 is 0 Å². The second-order valence-electron chi connectivity index (χ2n) is 4.76. The molecule has 0 saturated carbocycles. The van der Waals surface area contributed by atoms with Crippen molar-refractivity contribution in [2.45, 2.75) is 11.8 Å². The number of carbonyl (C=O) groups is 1. The van der Waals surface area contributed by atoms with Gasteiger partial charge in [-0.05, 0) is 31.2 Å². The Kier molecular flexibility index (Phi) is 4.76. The molecule has 2 aromatic carbocycles. The van der Waals surface area contributed by atoms with Crippen LogP contribution in [0, 0.1) is 17.0 Å². The Labute approximate surface area is 141 Å². The SMILES string of the molecule is Cc1c(NS(=O)(=O)c2cc(C(=O)O)ccc2Cl)cccc1[N+](=O)[O-]. The van der Waals surface area contributed by atoms with Crippen LogP contribution in [-0.4, -0.2) is 24.4 Å². The standard InChI is InChI=1S/C14H11ClN2O6S/c1-8-11(3-2-4-12(8)17(20)21)16-24(22,23)13-7-9(14(18)19)5-6-10(13)15/h2-7,16H,1H3,(H,18,19). The lowest BCUT2D eigenvalue weighted by Gasteiger charge is -2.12. The minimum atomic E-state index is -4.23. The Morgan fingerprint density at radius 2 is 1.96 bits per heavy atom. The number of hydrogen-bond donors (Lipinski definition) is 2. The second-order valence-corrected chi connectivity index (χ2v) is 6.82. The van der Waals surface area contributed by atoms with Gasteiger partial charge in [0.25, 0.3) is 15.7 Å². The van der Waals surface area contributed by atoms with E-state index in [1.165, 1.54) is 31.2 Å². The van der Waals surface area contributed by atoms with Crippen LogP contribution < -0.4 is 4.72 Å². The second kappa shape index (κ2) is 6.46. The summed E-state index contributed by atoms with van der Waals surface area (Å²) < 4.78 is 27.1. The fourth-order valence-corrected chi connectivity index (χ4v) is 3.62. The Bertz CT molecular complexity index is 942. The molecule has 2 rings (SSSR count). The molecular formula is C14H11ClN2O6S. The highest BCUT2D eigenvalue weighted by atomic mass is 35.5. The third kappa shape index (κ3) is 3.47. The van der Waals surface area contributed by atoms with Crippen LogP contribution in [0.4, 0.5) is 11.4 Å². The van der Waals surface area contributed by atoms with Crippen molar-refractivity contribution in [3.05, 3.63) is 62.7 Å². The highest BCUT2D eigenvalue weighted by Gasteiger charge is 2.23. The van der Waals surface area contributed by atoms with Gasteiger partial charge in [-0.25, -0.2) is 13.2 Å². The van der Waals surface area contributed by atoms with Gasteiger partial charge < -0.3 is 5.11 Å². The van der Waals surface area contributed by atoms with E-state index in [1.807, 2.05) is 0 Å². The highest BCUT2D eigenvalue weighted by Crippen LogP contribution is 2.29. The molecule has 126 valence electrons. The summed E-state index contributed by atoms with van der Waals surface area (Å²) in [4.78, 5) is 20.8. The lowest BCUT2D eigenvalue weighted by atomic mass is 10.2. The molecule has 0 heterocycles. The van der Waals surface area contributed by atoms with E-state index in [1.54, 1.807) is 0 Å². The molecule has 0 spiro atoms. The molecular weight excluding hydrogens is 360 g/mol. The number of nitro benzene ring substituents is 1. The van der Waals surface area contributed by atoms with Gasteiger partial charge in [0.2, 0.25) is 0 Å². The summed E-state index contributed by atoms with van der Waals surface area (Å²) in [5, 5.41) is 19.7. The van der Waals surface area contributed by atoms with E-state index < -0.39 is 25.8 Å². The van der Waals surface area contributed by atoms with Crippen LogP contribution >= 0.6 is 11.6 Å². The maximum atomic E-state index is 12.5. The van der Waals surface area contributed by atoms with E-state index in [9.17, 15) is 23.3 Å². The number of nitrogens with one attached hydrogen (secondary N) is 1. The molecule has 0 aliphatic carbocycles. The average Bonchev–Trinajstić information content (AvgIpc) is 2.48. The van der Waals surface area contributed by atoms with Crippen molar-refractivity contribution < 1.29 is 23.2 Å². The molecule has 8 nitrogen and oxygen atoms in total. The number of carboxylic acids is 1. The smallest absolute Gasteiger partial charge is 0.335 e. The van der Waals surface area contributed by atoms with E-state index in [-0.39, 0.29) is 27.5 Å². The molecule has 10 heteroatoms. The highest BCUT2D eigenvalue weighted by molar-refractivity contribution is 7.92. The van der Waals surface area contributed by atoms with Crippen LogP contribution in [0.3, 0.4) is 0 Å². The summed E-state index contributed by atoms with van der Waals surface area (Å²) in [5.41, 5.74) is -0.381. The third-order valence-corrected chi connectivity index (χ3v) is 5.06. The van der Waals surface area contributed by atoms with Gasteiger partial charge in [-0.3, -0.25) is 14.8 Å². The predicted octanol–water partition coefficient (Wildman–Crippen LogP) is 3.06. The molecule has 0 amide bonds. The fourth-order valence-electron chi connectivity index (χ4n) is 1.97. The van der Waals surface area contributed by atoms with Gasteiger partial charge in [0.05, 0.1) is 26.8 Å². The van der Waals surface area contributed by atoms with Crippen molar-refractivity contribution >= 4 is 39.0 Å². The van der Waals surface area contributed by atoms with Crippen LogP contribution in [-0.2, 0) is 10.0 Å². The van der Waals surface area contributed by atoms with E-state index in [0.717, 1.165) is 12.1 Å². The molecule has 0 aromatic heterocycles. The molecule has 2 N–H and O–H groups in total. The Morgan fingerprint density at radius 3 is 2.54 bits per heavy atom. The predicted molar refractivity (Wildman–Crippen MR) is 87.1 cm³/mol. The van der Waals surface area contributed by atoms with Crippen LogP contribution in [0.1, 0.15) is 15.9 Å². The van der Waals surface area contributed by atoms with Gasteiger partial charge in [0, 0.05) is 6.07 Å². The Morgan fingerprint density at radius 1 is 1.29 bits per heavy atom.